The maximum atomic E-state index is 13.3. The fraction of sp³-hybridized carbons (Fsp3) is 0.441. The summed E-state index contributed by atoms with van der Waals surface area (Å²) in [4.78, 5) is 23.1. The number of carbonyl (C=O) groups excluding carboxylic acids is 1. The van der Waals surface area contributed by atoms with Gasteiger partial charge in [-0.3, -0.25) is 14.6 Å². The molecule has 1 saturated heterocycles. The van der Waals surface area contributed by atoms with Gasteiger partial charge in [0.1, 0.15) is 0 Å². The number of rotatable bonds is 9. The topological polar surface area (TPSA) is 30.0 Å². The molecule has 0 unspecified atom stereocenters. The van der Waals surface area contributed by atoms with E-state index in [1.165, 1.54) is 54.5 Å². The first-order valence-corrected chi connectivity index (χ1v) is 14.9. The Balaban J connectivity index is 1.03. The summed E-state index contributed by atoms with van der Waals surface area (Å²) in [6.07, 6.45) is 6.18. The fourth-order valence-corrected chi connectivity index (χ4v) is 6.61. The normalized spacial score (nSPS) is 18.6. The Labute approximate surface area is 234 Å². The third-order valence-corrected chi connectivity index (χ3v) is 8.91. The number of anilines is 1. The van der Waals surface area contributed by atoms with E-state index in [1.807, 2.05) is 0 Å². The minimum Gasteiger partial charge on any atom is -0.369 e. The van der Waals surface area contributed by atoms with Crippen molar-refractivity contribution in [1.29, 1.82) is 0 Å². The molecule has 0 atom stereocenters. The number of hydrogen-bond acceptors (Lipinski definition) is 4. The van der Waals surface area contributed by atoms with Crippen LogP contribution in [-0.2, 0) is 19.6 Å². The standard InChI is InChI=1S/C34H42N4O/c39-34-33-24-32(17-16-30(33)27-38(34)31-14-8-3-9-15-31)37-22-20-35(21-23-37)18-19-36(25-28-10-4-1-5-11-28)26-29-12-6-2-7-13-29/h1-2,4-7,10-13,16-17,24,31H,3,8-9,14-15,18-23,25-27H2. The molecule has 2 fully saturated rings. The summed E-state index contributed by atoms with van der Waals surface area (Å²) in [5.74, 6) is 0.259. The lowest BCUT2D eigenvalue weighted by atomic mass is 9.94. The lowest BCUT2D eigenvalue weighted by molar-refractivity contribution is 0.0660. The highest BCUT2D eigenvalue weighted by Crippen LogP contribution is 2.33. The number of piperazine rings is 1. The van der Waals surface area contributed by atoms with Crippen molar-refractivity contribution < 1.29 is 4.79 Å². The quantitative estimate of drug-likeness (QED) is 0.355. The van der Waals surface area contributed by atoms with Crippen molar-refractivity contribution in [3.63, 3.8) is 0 Å². The zero-order valence-corrected chi connectivity index (χ0v) is 23.2. The Bertz CT molecular complexity index is 1170. The van der Waals surface area contributed by atoms with E-state index in [0.29, 0.717) is 6.04 Å². The third kappa shape index (κ3) is 6.37. The summed E-state index contributed by atoms with van der Waals surface area (Å²) in [5.41, 5.74) is 6.10. The van der Waals surface area contributed by atoms with Crippen molar-refractivity contribution in [2.45, 2.75) is 57.8 Å². The molecule has 5 heteroatoms. The molecule has 0 N–H and O–H groups in total. The summed E-state index contributed by atoms with van der Waals surface area (Å²) < 4.78 is 0. The average molecular weight is 523 g/mol. The highest BCUT2D eigenvalue weighted by molar-refractivity contribution is 5.99. The van der Waals surface area contributed by atoms with Gasteiger partial charge in [-0.1, -0.05) is 86.0 Å². The molecule has 0 radical (unpaired) electrons. The Morgan fingerprint density at radius 3 is 2.03 bits per heavy atom. The smallest absolute Gasteiger partial charge is 0.254 e. The fourth-order valence-electron chi connectivity index (χ4n) is 6.61. The summed E-state index contributed by atoms with van der Waals surface area (Å²) in [6.45, 7) is 9.00. The van der Waals surface area contributed by atoms with Gasteiger partial charge in [0.2, 0.25) is 0 Å². The van der Waals surface area contributed by atoms with Gasteiger partial charge in [0, 0.05) is 76.2 Å². The third-order valence-electron chi connectivity index (χ3n) is 8.91. The van der Waals surface area contributed by atoms with E-state index in [0.717, 1.165) is 64.5 Å². The van der Waals surface area contributed by atoms with Crippen molar-refractivity contribution in [1.82, 2.24) is 14.7 Å². The van der Waals surface area contributed by atoms with E-state index < -0.39 is 0 Å². The van der Waals surface area contributed by atoms with Gasteiger partial charge < -0.3 is 9.80 Å². The van der Waals surface area contributed by atoms with Gasteiger partial charge >= 0.3 is 0 Å². The van der Waals surface area contributed by atoms with E-state index in [9.17, 15) is 4.79 Å². The van der Waals surface area contributed by atoms with Crippen LogP contribution >= 0.6 is 0 Å². The number of nitrogens with zero attached hydrogens (tertiary/aromatic N) is 4. The van der Waals surface area contributed by atoms with Crippen LogP contribution in [0.25, 0.3) is 0 Å². The summed E-state index contributed by atoms with van der Waals surface area (Å²) in [6, 6.07) is 28.7. The Hall–Kier alpha value is -3.15. The molecule has 2 heterocycles. The molecular weight excluding hydrogens is 480 g/mol. The minimum absolute atomic E-state index is 0.259. The van der Waals surface area contributed by atoms with Gasteiger partial charge in [-0.25, -0.2) is 0 Å². The number of amides is 1. The van der Waals surface area contributed by atoms with Crippen molar-refractivity contribution in [2.75, 3.05) is 44.2 Å². The number of benzene rings is 3. The van der Waals surface area contributed by atoms with Crippen LogP contribution in [0.15, 0.2) is 78.9 Å². The molecule has 2 aliphatic heterocycles. The van der Waals surface area contributed by atoms with Crippen LogP contribution < -0.4 is 4.90 Å². The molecule has 0 spiro atoms. The minimum atomic E-state index is 0.259. The van der Waals surface area contributed by atoms with Gasteiger partial charge in [-0.2, -0.15) is 0 Å². The highest BCUT2D eigenvalue weighted by atomic mass is 16.2. The van der Waals surface area contributed by atoms with Crippen molar-refractivity contribution in [3.05, 3.63) is 101 Å². The molecule has 3 aromatic rings. The summed E-state index contributed by atoms with van der Waals surface area (Å²) in [7, 11) is 0. The maximum Gasteiger partial charge on any atom is 0.254 e. The van der Waals surface area contributed by atoms with Crippen LogP contribution in [0.1, 0.15) is 59.2 Å². The zero-order valence-electron chi connectivity index (χ0n) is 23.2. The molecule has 39 heavy (non-hydrogen) atoms. The van der Waals surface area contributed by atoms with Crippen molar-refractivity contribution in [2.24, 2.45) is 0 Å². The molecule has 0 bridgehead atoms. The van der Waals surface area contributed by atoms with E-state index >= 15 is 0 Å². The molecule has 1 saturated carbocycles. The lowest BCUT2D eigenvalue weighted by Gasteiger charge is -2.37. The Kier molecular flexibility index (Phi) is 8.27. The van der Waals surface area contributed by atoms with Crippen LogP contribution in [0, 0.1) is 0 Å². The molecule has 5 nitrogen and oxygen atoms in total. The molecule has 0 aromatic heterocycles. The monoisotopic (exact) mass is 522 g/mol. The van der Waals surface area contributed by atoms with Gasteiger partial charge in [-0.15, -0.1) is 0 Å². The molecule has 3 aliphatic rings. The van der Waals surface area contributed by atoms with Crippen LogP contribution in [-0.4, -0.2) is 65.9 Å². The van der Waals surface area contributed by atoms with E-state index in [4.69, 9.17) is 0 Å². The first-order chi connectivity index (χ1) is 19.2. The van der Waals surface area contributed by atoms with E-state index in [2.05, 4.69) is 98.5 Å². The first kappa shape index (κ1) is 26.1. The Morgan fingerprint density at radius 2 is 1.38 bits per heavy atom. The summed E-state index contributed by atoms with van der Waals surface area (Å²) >= 11 is 0. The van der Waals surface area contributed by atoms with E-state index in [-0.39, 0.29) is 5.91 Å². The first-order valence-electron chi connectivity index (χ1n) is 14.9. The maximum absolute atomic E-state index is 13.3. The number of carbonyl (C=O) groups is 1. The van der Waals surface area contributed by atoms with Crippen molar-refractivity contribution >= 4 is 11.6 Å². The predicted octanol–water partition coefficient (Wildman–Crippen LogP) is 5.80. The molecule has 6 rings (SSSR count). The largest absolute Gasteiger partial charge is 0.369 e. The second-order valence-electron chi connectivity index (χ2n) is 11.6. The van der Waals surface area contributed by atoms with Crippen LogP contribution in [0.4, 0.5) is 5.69 Å². The van der Waals surface area contributed by atoms with Crippen LogP contribution in [0.5, 0.6) is 0 Å². The Morgan fingerprint density at radius 1 is 0.744 bits per heavy atom. The summed E-state index contributed by atoms with van der Waals surface area (Å²) in [5, 5.41) is 0. The average Bonchev–Trinajstić information content (AvgIpc) is 3.33. The van der Waals surface area contributed by atoms with Gasteiger partial charge in [-0.05, 0) is 41.7 Å². The van der Waals surface area contributed by atoms with Crippen LogP contribution in [0.3, 0.4) is 0 Å². The lowest BCUT2D eigenvalue weighted by Crippen LogP contribution is -2.48. The van der Waals surface area contributed by atoms with Gasteiger partial charge in [0.05, 0.1) is 0 Å². The van der Waals surface area contributed by atoms with Crippen molar-refractivity contribution in [3.8, 4) is 0 Å². The predicted molar refractivity (Wildman–Crippen MR) is 159 cm³/mol. The van der Waals surface area contributed by atoms with E-state index in [1.54, 1.807) is 0 Å². The SMILES string of the molecule is O=C1c2cc(N3CCN(CCN(Cc4ccccc4)Cc4ccccc4)CC3)ccc2CN1C1CCCCC1. The second kappa shape index (κ2) is 12.4. The molecule has 3 aromatic carbocycles. The molecular formula is C34H42N4O. The highest BCUT2D eigenvalue weighted by Gasteiger charge is 2.33. The number of hydrogen-bond donors (Lipinski definition) is 0. The molecule has 204 valence electrons. The molecule has 1 aliphatic carbocycles. The molecule has 1 amide bonds. The zero-order chi connectivity index (χ0) is 26.4. The van der Waals surface area contributed by atoms with Gasteiger partial charge in [0.25, 0.3) is 5.91 Å². The van der Waals surface area contributed by atoms with Crippen LogP contribution in [0.2, 0.25) is 0 Å². The number of fused-ring (bicyclic) bond motifs is 1. The second-order valence-corrected chi connectivity index (χ2v) is 11.6. The van der Waals surface area contributed by atoms with Gasteiger partial charge in [0.15, 0.2) is 0 Å².